The third kappa shape index (κ3) is 3.48. The van der Waals surface area contributed by atoms with Crippen LogP contribution in [0.3, 0.4) is 0 Å². The zero-order valence-electron chi connectivity index (χ0n) is 18.8. The summed E-state index contributed by atoms with van der Waals surface area (Å²) in [5.41, 5.74) is 1.16. The first-order chi connectivity index (χ1) is 15.6. The lowest BCUT2D eigenvalue weighted by Crippen LogP contribution is -2.38. The van der Waals surface area contributed by atoms with E-state index in [9.17, 15) is 0 Å². The maximum Gasteiger partial charge on any atom is 0.173 e. The fraction of sp³-hybridized carbons (Fsp3) is 0.241. The molecule has 1 aliphatic rings. The summed E-state index contributed by atoms with van der Waals surface area (Å²) in [6.07, 6.45) is 2.35. The van der Waals surface area contributed by atoms with Gasteiger partial charge < -0.3 is 9.46 Å². The lowest BCUT2D eigenvalue weighted by atomic mass is 10.0. The van der Waals surface area contributed by atoms with E-state index >= 15 is 4.57 Å². The van der Waals surface area contributed by atoms with E-state index in [1.165, 1.54) is 23.6 Å². The second kappa shape index (κ2) is 8.60. The van der Waals surface area contributed by atoms with Crippen molar-refractivity contribution in [2.75, 3.05) is 11.4 Å². The predicted molar refractivity (Wildman–Crippen MR) is 139 cm³/mol. The SMILES string of the molecule is CC(C)C1CCCN1c1c(P(=O)(c2ccccc2)c2ccccc2)ccc2ccccc12. The average Bonchev–Trinajstić information content (AvgIpc) is 3.34. The van der Waals surface area contributed by atoms with E-state index in [1.54, 1.807) is 0 Å². The first-order valence-electron chi connectivity index (χ1n) is 11.6. The van der Waals surface area contributed by atoms with Gasteiger partial charge in [0.2, 0.25) is 0 Å². The molecule has 0 aromatic heterocycles. The zero-order valence-corrected chi connectivity index (χ0v) is 19.7. The Bertz CT molecular complexity index is 1220. The number of rotatable bonds is 5. The van der Waals surface area contributed by atoms with Gasteiger partial charge in [-0.2, -0.15) is 0 Å². The van der Waals surface area contributed by atoms with E-state index in [0.717, 1.165) is 28.1 Å². The van der Waals surface area contributed by atoms with Crippen LogP contribution in [0.4, 0.5) is 5.69 Å². The molecule has 1 saturated heterocycles. The van der Waals surface area contributed by atoms with Crippen molar-refractivity contribution < 1.29 is 4.57 Å². The quantitative estimate of drug-likeness (QED) is 0.350. The Morgan fingerprint density at radius 2 is 1.38 bits per heavy atom. The summed E-state index contributed by atoms with van der Waals surface area (Å²) in [4.78, 5) is 2.56. The molecule has 0 amide bonds. The lowest BCUT2D eigenvalue weighted by Gasteiger charge is -2.34. The van der Waals surface area contributed by atoms with Crippen LogP contribution in [-0.4, -0.2) is 12.6 Å². The smallest absolute Gasteiger partial charge is 0.173 e. The highest BCUT2D eigenvalue weighted by atomic mass is 31.2. The molecule has 1 aliphatic heterocycles. The minimum absolute atomic E-state index is 0.458. The Kier molecular flexibility index (Phi) is 5.66. The molecule has 1 heterocycles. The predicted octanol–water partition coefficient (Wildman–Crippen LogP) is 6.10. The van der Waals surface area contributed by atoms with Crippen LogP contribution in [0, 0.1) is 5.92 Å². The molecular formula is C29H30NOP. The Morgan fingerprint density at radius 1 is 0.781 bits per heavy atom. The molecule has 4 aromatic rings. The molecule has 5 rings (SSSR count). The lowest BCUT2D eigenvalue weighted by molar-refractivity contribution is 0.493. The maximum atomic E-state index is 15.3. The molecule has 0 spiro atoms. The Morgan fingerprint density at radius 3 is 2.00 bits per heavy atom. The minimum atomic E-state index is -3.07. The van der Waals surface area contributed by atoms with Crippen LogP contribution in [0.15, 0.2) is 97.1 Å². The topological polar surface area (TPSA) is 20.3 Å². The summed E-state index contributed by atoms with van der Waals surface area (Å²) in [5, 5.41) is 5.14. The molecule has 3 heteroatoms. The number of hydrogen-bond acceptors (Lipinski definition) is 2. The van der Waals surface area contributed by atoms with E-state index in [-0.39, 0.29) is 0 Å². The zero-order chi connectivity index (χ0) is 22.1. The number of benzene rings is 4. The fourth-order valence-electron chi connectivity index (χ4n) is 5.27. The normalized spacial score (nSPS) is 16.7. The van der Waals surface area contributed by atoms with Crippen molar-refractivity contribution in [1.29, 1.82) is 0 Å². The van der Waals surface area contributed by atoms with Crippen molar-refractivity contribution in [2.45, 2.75) is 32.7 Å². The van der Waals surface area contributed by atoms with Crippen molar-refractivity contribution in [2.24, 2.45) is 5.92 Å². The summed E-state index contributed by atoms with van der Waals surface area (Å²) in [7, 11) is -3.07. The molecule has 0 aliphatic carbocycles. The van der Waals surface area contributed by atoms with Crippen molar-refractivity contribution in [1.82, 2.24) is 0 Å². The molecule has 0 N–H and O–H groups in total. The van der Waals surface area contributed by atoms with Gasteiger partial charge in [-0.3, -0.25) is 0 Å². The second-order valence-corrected chi connectivity index (χ2v) is 11.8. The summed E-state index contributed by atoms with van der Waals surface area (Å²) in [6.45, 7) is 5.62. The molecule has 162 valence electrons. The Labute approximate surface area is 191 Å². The van der Waals surface area contributed by atoms with E-state index < -0.39 is 7.14 Å². The van der Waals surface area contributed by atoms with Gasteiger partial charge in [-0.05, 0) is 30.2 Å². The van der Waals surface area contributed by atoms with Crippen molar-refractivity contribution in [3.8, 4) is 0 Å². The van der Waals surface area contributed by atoms with Crippen LogP contribution in [0.2, 0.25) is 0 Å². The molecular weight excluding hydrogens is 409 g/mol. The monoisotopic (exact) mass is 439 g/mol. The van der Waals surface area contributed by atoms with E-state index in [2.05, 4.69) is 55.1 Å². The van der Waals surface area contributed by atoms with Gasteiger partial charge in [0.1, 0.15) is 0 Å². The second-order valence-electron chi connectivity index (χ2n) is 9.08. The van der Waals surface area contributed by atoms with E-state index in [0.29, 0.717) is 12.0 Å². The minimum Gasteiger partial charge on any atom is -0.367 e. The first kappa shape index (κ1) is 21.0. The van der Waals surface area contributed by atoms with Gasteiger partial charge in [0.15, 0.2) is 7.14 Å². The third-order valence-electron chi connectivity index (χ3n) is 6.81. The average molecular weight is 440 g/mol. The fourth-order valence-corrected chi connectivity index (χ4v) is 8.14. The van der Waals surface area contributed by atoms with Gasteiger partial charge in [0.25, 0.3) is 0 Å². The molecule has 1 atom stereocenters. The van der Waals surface area contributed by atoms with Crippen LogP contribution < -0.4 is 20.8 Å². The molecule has 4 aromatic carbocycles. The van der Waals surface area contributed by atoms with Crippen LogP contribution >= 0.6 is 7.14 Å². The number of hydrogen-bond donors (Lipinski definition) is 0. The largest absolute Gasteiger partial charge is 0.367 e. The summed E-state index contributed by atoms with van der Waals surface area (Å²) >= 11 is 0. The van der Waals surface area contributed by atoms with Gasteiger partial charge in [-0.25, -0.2) is 0 Å². The molecule has 0 bridgehead atoms. The highest BCUT2D eigenvalue weighted by Crippen LogP contribution is 2.48. The van der Waals surface area contributed by atoms with Crippen molar-refractivity contribution in [3.05, 3.63) is 97.1 Å². The van der Waals surface area contributed by atoms with Gasteiger partial charge in [-0.1, -0.05) is 105 Å². The van der Waals surface area contributed by atoms with Gasteiger partial charge in [-0.15, -0.1) is 0 Å². The van der Waals surface area contributed by atoms with Crippen LogP contribution in [-0.2, 0) is 4.57 Å². The summed E-state index contributed by atoms with van der Waals surface area (Å²) in [6, 6.07) is 33.4. The van der Waals surface area contributed by atoms with Crippen molar-refractivity contribution in [3.63, 3.8) is 0 Å². The number of anilines is 1. The highest BCUT2D eigenvalue weighted by molar-refractivity contribution is 7.85. The molecule has 2 nitrogen and oxygen atoms in total. The van der Waals surface area contributed by atoms with E-state index in [4.69, 9.17) is 0 Å². The van der Waals surface area contributed by atoms with Crippen LogP contribution in [0.25, 0.3) is 10.8 Å². The standard InChI is InChI=1S/C29H30NOP/c1-22(2)27-18-11-21-30(27)29-26-17-10-9-12-23(26)19-20-28(29)32(31,24-13-5-3-6-14-24)25-15-7-4-8-16-25/h3-10,12-17,19-20,22,27H,11,18,21H2,1-2H3. The molecule has 1 unspecified atom stereocenters. The Hall–Kier alpha value is -2.83. The van der Waals surface area contributed by atoms with Crippen LogP contribution in [0.1, 0.15) is 26.7 Å². The summed E-state index contributed by atoms with van der Waals surface area (Å²) < 4.78 is 15.3. The highest BCUT2D eigenvalue weighted by Gasteiger charge is 2.37. The van der Waals surface area contributed by atoms with Gasteiger partial charge in [0, 0.05) is 33.9 Å². The molecule has 32 heavy (non-hydrogen) atoms. The van der Waals surface area contributed by atoms with Gasteiger partial charge in [0.05, 0.1) is 5.69 Å². The first-order valence-corrected chi connectivity index (χ1v) is 13.3. The number of nitrogens with zero attached hydrogens (tertiary/aromatic N) is 1. The maximum absolute atomic E-state index is 15.3. The Balaban J connectivity index is 1.85. The van der Waals surface area contributed by atoms with Crippen LogP contribution in [0.5, 0.6) is 0 Å². The molecule has 1 fully saturated rings. The molecule has 0 radical (unpaired) electrons. The van der Waals surface area contributed by atoms with E-state index in [1.807, 2.05) is 60.7 Å². The molecule has 0 saturated carbocycles. The van der Waals surface area contributed by atoms with Gasteiger partial charge >= 0.3 is 0 Å². The third-order valence-corrected chi connectivity index (χ3v) is 9.90. The summed E-state index contributed by atoms with van der Waals surface area (Å²) in [5.74, 6) is 0.539. The van der Waals surface area contributed by atoms with Crippen molar-refractivity contribution >= 4 is 39.5 Å². The number of fused-ring (bicyclic) bond motifs is 1.